The lowest BCUT2D eigenvalue weighted by Gasteiger charge is -2.58. The fourth-order valence-electron chi connectivity index (χ4n) is 6.93. The molecule has 4 aliphatic rings. The zero-order valence-corrected chi connectivity index (χ0v) is 15.4. The van der Waals surface area contributed by atoms with Crippen molar-refractivity contribution in [3.63, 3.8) is 0 Å². The number of aliphatic hydroxyl groups is 1. The molecule has 3 saturated carbocycles. The first-order valence-corrected chi connectivity index (χ1v) is 9.64. The zero-order chi connectivity index (χ0) is 18.9. The highest BCUT2D eigenvalue weighted by Crippen LogP contribution is 2.66. The maximum absolute atomic E-state index is 12.4. The van der Waals surface area contributed by atoms with Gasteiger partial charge < -0.3 is 10.8 Å². The molecule has 1 unspecified atom stereocenters. The number of hydrogen-bond donors (Lipinski definition) is 2. The van der Waals surface area contributed by atoms with Crippen molar-refractivity contribution in [1.29, 1.82) is 0 Å². The largest absolute Gasteiger partial charge is 0.393 e. The fraction of sp³-hybridized carbons (Fsp3) is 0.667. The van der Waals surface area contributed by atoms with Crippen LogP contribution in [-0.4, -0.2) is 28.7 Å². The fourth-order valence-corrected chi connectivity index (χ4v) is 6.93. The van der Waals surface area contributed by atoms with Crippen molar-refractivity contribution in [1.82, 2.24) is 0 Å². The van der Waals surface area contributed by atoms with Gasteiger partial charge in [0, 0.05) is 17.3 Å². The average Bonchev–Trinajstić information content (AvgIpc) is 2.90. The number of carbonyl (C=O) groups is 3. The highest BCUT2D eigenvalue weighted by Gasteiger charge is 2.62. The van der Waals surface area contributed by atoms with Crippen molar-refractivity contribution in [3.8, 4) is 0 Å². The summed E-state index contributed by atoms with van der Waals surface area (Å²) in [4.78, 5) is 35.7. The lowest BCUT2D eigenvalue weighted by molar-refractivity contribution is -0.147. The SMILES string of the molecule is C[C@]12CC(O)[C@H]3[C@@H](CCC4=CC(=O)C=C[C@@]43C)[C@@H]1CC[C@@H]2C(=O)C(N)=O. The van der Waals surface area contributed by atoms with Gasteiger partial charge in [-0.2, -0.15) is 0 Å². The Labute approximate surface area is 153 Å². The topological polar surface area (TPSA) is 97.5 Å². The number of carbonyl (C=O) groups excluding carboxylic acids is 3. The summed E-state index contributed by atoms with van der Waals surface area (Å²) in [7, 11) is 0. The molecule has 0 saturated heterocycles. The monoisotopic (exact) mass is 357 g/mol. The van der Waals surface area contributed by atoms with E-state index in [1.165, 1.54) is 0 Å². The van der Waals surface area contributed by atoms with Crippen LogP contribution in [0.25, 0.3) is 0 Å². The summed E-state index contributed by atoms with van der Waals surface area (Å²) in [6.07, 6.45) is 8.63. The van der Waals surface area contributed by atoms with Crippen LogP contribution >= 0.6 is 0 Å². The van der Waals surface area contributed by atoms with Gasteiger partial charge in [-0.1, -0.05) is 25.5 Å². The van der Waals surface area contributed by atoms with Crippen molar-refractivity contribution >= 4 is 17.5 Å². The Hall–Kier alpha value is -1.75. The second kappa shape index (κ2) is 5.62. The first-order valence-electron chi connectivity index (χ1n) is 9.64. The second-order valence-corrected chi connectivity index (χ2v) is 9.16. The predicted octanol–water partition coefficient (Wildman–Crippen LogP) is 1.94. The van der Waals surface area contributed by atoms with E-state index in [-0.39, 0.29) is 34.4 Å². The van der Waals surface area contributed by atoms with Crippen molar-refractivity contribution in [2.75, 3.05) is 0 Å². The number of primary amides is 1. The summed E-state index contributed by atoms with van der Waals surface area (Å²) in [5.41, 5.74) is 5.73. The number of allylic oxidation sites excluding steroid dienone is 4. The van der Waals surface area contributed by atoms with E-state index in [4.69, 9.17) is 5.73 Å². The molecule has 5 heteroatoms. The van der Waals surface area contributed by atoms with Crippen LogP contribution in [0, 0.1) is 34.5 Å². The van der Waals surface area contributed by atoms with Crippen LogP contribution in [0.5, 0.6) is 0 Å². The quantitative estimate of drug-likeness (QED) is 0.738. The van der Waals surface area contributed by atoms with E-state index in [9.17, 15) is 19.5 Å². The van der Waals surface area contributed by atoms with Gasteiger partial charge in [0.15, 0.2) is 5.78 Å². The Balaban J connectivity index is 1.71. The van der Waals surface area contributed by atoms with E-state index < -0.39 is 17.8 Å². The van der Waals surface area contributed by atoms with Gasteiger partial charge >= 0.3 is 0 Å². The van der Waals surface area contributed by atoms with Gasteiger partial charge in [0.2, 0.25) is 5.78 Å². The van der Waals surface area contributed by atoms with Crippen LogP contribution in [0.1, 0.15) is 46.0 Å². The van der Waals surface area contributed by atoms with E-state index in [2.05, 4.69) is 13.8 Å². The number of fused-ring (bicyclic) bond motifs is 5. The third kappa shape index (κ3) is 2.22. The minimum absolute atomic E-state index is 0.0269. The Kier molecular flexibility index (Phi) is 3.82. The zero-order valence-electron chi connectivity index (χ0n) is 15.4. The summed E-state index contributed by atoms with van der Waals surface area (Å²) in [5.74, 6) is -1.06. The third-order valence-corrected chi connectivity index (χ3v) is 8.05. The van der Waals surface area contributed by atoms with Crippen molar-refractivity contribution < 1.29 is 19.5 Å². The number of rotatable bonds is 2. The van der Waals surface area contributed by atoms with Crippen LogP contribution in [0.4, 0.5) is 0 Å². The summed E-state index contributed by atoms with van der Waals surface area (Å²) < 4.78 is 0. The maximum atomic E-state index is 12.4. The molecule has 3 N–H and O–H groups in total. The number of nitrogens with two attached hydrogens (primary N) is 1. The minimum Gasteiger partial charge on any atom is -0.393 e. The van der Waals surface area contributed by atoms with Gasteiger partial charge in [-0.25, -0.2) is 0 Å². The van der Waals surface area contributed by atoms with E-state index in [0.717, 1.165) is 24.8 Å². The van der Waals surface area contributed by atoms with E-state index in [1.54, 1.807) is 12.2 Å². The summed E-state index contributed by atoms with van der Waals surface area (Å²) in [6.45, 7) is 4.19. The molecule has 0 aromatic rings. The third-order valence-electron chi connectivity index (χ3n) is 8.05. The van der Waals surface area contributed by atoms with Crippen molar-refractivity contribution in [3.05, 3.63) is 23.8 Å². The normalized spacial score (nSPS) is 46.8. The first-order chi connectivity index (χ1) is 12.2. The molecular formula is C21H27NO4. The van der Waals surface area contributed by atoms with E-state index in [1.807, 2.05) is 6.08 Å². The highest BCUT2D eigenvalue weighted by molar-refractivity contribution is 6.36. The minimum atomic E-state index is -0.858. The van der Waals surface area contributed by atoms with Crippen molar-refractivity contribution in [2.24, 2.45) is 40.2 Å². The van der Waals surface area contributed by atoms with Gasteiger partial charge in [-0.05, 0) is 61.5 Å². The molecule has 0 radical (unpaired) electrons. The van der Waals surface area contributed by atoms with Gasteiger partial charge in [0.25, 0.3) is 5.91 Å². The molecule has 4 aliphatic carbocycles. The molecule has 0 spiro atoms. The summed E-state index contributed by atoms with van der Waals surface area (Å²) in [5, 5.41) is 11.2. The lowest BCUT2D eigenvalue weighted by Crippen LogP contribution is -2.56. The summed E-state index contributed by atoms with van der Waals surface area (Å²) in [6, 6.07) is 0. The maximum Gasteiger partial charge on any atom is 0.285 e. The number of hydrogen-bond acceptors (Lipinski definition) is 4. The van der Waals surface area contributed by atoms with Crippen LogP contribution in [-0.2, 0) is 14.4 Å². The molecule has 140 valence electrons. The molecule has 4 rings (SSSR count). The van der Waals surface area contributed by atoms with Gasteiger partial charge in [-0.15, -0.1) is 0 Å². The number of amides is 1. The second-order valence-electron chi connectivity index (χ2n) is 9.16. The Bertz CT molecular complexity index is 753. The van der Waals surface area contributed by atoms with Crippen LogP contribution in [0.15, 0.2) is 23.8 Å². The molecule has 3 fully saturated rings. The molecule has 0 heterocycles. The number of ketones is 2. The van der Waals surface area contributed by atoms with Crippen LogP contribution in [0.2, 0.25) is 0 Å². The predicted molar refractivity (Wildman–Crippen MR) is 95.7 cm³/mol. The highest BCUT2D eigenvalue weighted by atomic mass is 16.3. The van der Waals surface area contributed by atoms with Crippen LogP contribution in [0.3, 0.4) is 0 Å². The van der Waals surface area contributed by atoms with Crippen molar-refractivity contribution in [2.45, 2.75) is 52.1 Å². The molecule has 0 aromatic heterocycles. The van der Waals surface area contributed by atoms with Gasteiger partial charge in [-0.3, -0.25) is 14.4 Å². The Morgan fingerprint density at radius 3 is 2.65 bits per heavy atom. The molecule has 1 amide bonds. The smallest absolute Gasteiger partial charge is 0.285 e. The lowest BCUT2D eigenvalue weighted by atomic mass is 9.46. The number of aliphatic hydroxyl groups excluding tert-OH is 1. The summed E-state index contributed by atoms with van der Waals surface area (Å²) >= 11 is 0. The molecule has 5 nitrogen and oxygen atoms in total. The molecule has 0 aliphatic heterocycles. The molecular weight excluding hydrogens is 330 g/mol. The van der Waals surface area contributed by atoms with E-state index >= 15 is 0 Å². The molecule has 7 atom stereocenters. The van der Waals surface area contributed by atoms with Gasteiger partial charge in [0.05, 0.1) is 6.10 Å². The first kappa shape index (κ1) is 17.7. The molecule has 26 heavy (non-hydrogen) atoms. The molecule has 0 aromatic carbocycles. The molecule has 0 bridgehead atoms. The van der Waals surface area contributed by atoms with Crippen LogP contribution < -0.4 is 5.73 Å². The average molecular weight is 357 g/mol. The Morgan fingerprint density at radius 1 is 1.23 bits per heavy atom. The number of Topliss-reactive ketones (excluding diaryl/α,β-unsaturated/α-hetero) is 1. The standard InChI is InChI=1S/C21H27NO4/c1-20-8-7-12(23)9-11(20)3-4-13-14-5-6-15(18(25)19(22)26)21(14,2)10-16(24)17(13)20/h7-9,13-17,24H,3-6,10H2,1-2H3,(H2,22,26)/t13-,14-,15+,16?,17+,20-,21-/m0/s1. The van der Waals surface area contributed by atoms with Gasteiger partial charge in [0.1, 0.15) is 0 Å². The van der Waals surface area contributed by atoms with E-state index in [0.29, 0.717) is 18.8 Å². The Morgan fingerprint density at radius 2 is 1.96 bits per heavy atom.